The molecule has 0 aliphatic rings. The molecule has 1 amide bonds. The van der Waals surface area contributed by atoms with Crippen LogP contribution in [-0.2, 0) is 11.3 Å². The van der Waals surface area contributed by atoms with Crippen molar-refractivity contribution in [1.82, 2.24) is 9.88 Å². The van der Waals surface area contributed by atoms with E-state index in [1.165, 1.54) is 0 Å². The van der Waals surface area contributed by atoms with E-state index in [-0.39, 0.29) is 5.91 Å². The normalized spacial score (nSPS) is 12.3. The van der Waals surface area contributed by atoms with Crippen molar-refractivity contribution in [3.8, 4) is 0 Å². The number of nitrogens with two attached hydrogens (primary N) is 1. The Morgan fingerprint density at radius 1 is 1.35 bits per heavy atom. The maximum Gasteiger partial charge on any atom is 0.239 e. The monoisotopic (exact) mass is 333 g/mol. The van der Waals surface area contributed by atoms with Crippen LogP contribution in [0.1, 0.15) is 17.3 Å². The first-order chi connectivity index (χ1) is 9.58. The van der Waals surface area contributed by atoms with Crippen LogP contribution in [-0.4, -0.2) is 22.8 Å². The number of benzene rings is 1. The van der Waals surface area contributed by atoms with E-state index in [9.17, 15) is 4.79 Å². The summed E-state index contributed by atoms with van der Waals surface area (Å²) in [6, 6.07) is 12.9. The summed E-state index contributed by atoms with van der Waals surface area (Å²) < 4.78 is 0.924. The number of nitrogens with zero attached hydrogens (tertiary/aromatic N) is 2. The third-order valence-corrected chi connectivity index (χ3v) is 3.51. The molecule has 0 saturated heterocycles. The molecule has 1 heterocycles. The highest BCUT2D eigenvalue weighted by molar-refractivity contribution is 9.10. The summed E-state index contributed by atoms with van der Waals surface area (Å²) in [5.41, 5.74) is 7.32. The summed E-state index contributed by atoms with van der Waals surface area (Å²) >= 11 is 3.41. The minimum Gasteiger partial charge on any atom is -0.368 e. The zero-order chi connectivity index (χ0) is 14.5. The summed E-state index contributed by atoms with van der Waals surface area (Å²) in [5.74, 6) is -0.374. The Hall–Kier alpha value is -1.72. The van der Waals surface area contributed by atoms with Gasteiger partial charge in [-0.2, -0.15) is 0 Å². The van der Waals surface area contributed by atoms with E-state index in [1.807, 2.05) is 54.4 Å². The van der Waals surface area contributed by atoms with Crippen LogP contribution < -0.4 is 5.73 Å². The largest absolute Gasteiger partial charge is 0.368 e. The quantitative estimate of drug-likeness (QED) is 0.914. The van der Waals surface area contributed by atoms with Gasteiger partial charge in [0, 0.05) is 17.2 Å². The highest BCUT2D eigenvalue weighted by atomic mass is 79.9. The molecule has 0 unspecified atom stereocenters. The molecule has 1 aromatic carbocycles. The summed E-state index contributed by atoms with van der Waals surface area (Å²) in [5, 5.41) is 0. The topological polar surface area (TPSA) is 59.2 Å². The predicted molar refractivity (Wildman–Crippen MR) is 81.8 cm³/mol. The van der Waals surface area contributed by atoms with Gasteiger partial charge in [0.25, 0.3) is 0 Å². The van der Waals surface area contributed by atoms with E-state index in [1.54, 1.807) is 6.20 Å². The molecule has 4 nitrogen and oxygen atoms in total. The number of primary amides is 1. The Kier molecular flexibility index (Phi) is 4.87. The van der Waals surface area contributed by atoms with Gasteiger partial charge in [-0.05, 0) is 36.9 Å². The molecular formula is C15H16BrN3O. The fourth-order valence-electron chi connectivity index (χ4n) is 2.15. The molecule has 0 bridgehead atoms. The number of rotatable bonds is 5. The van der Waals surface area contributed by atoms with E-state index in [2.05, 4.69) is 20.9 Å². The number of hydrogen-bond acceptors (Lipinski definition) is 3. The molecule has 0 radical (unpaired) electrons. The molecule has 2 N–H and O–H groups in total. The lowest BCUT2D eigenvalue weighted by atomic mass is 10.0. The number of halogens is 1. The van der Waals surface area contributed by atoms with Crippen LogP contribution in [0, 0.1) is 0 Å². The van der Waals surface area contributed by atoms with E-state index in [0.717, 1.165) is 15.7 Å². The SMILES string of the molecule is CN(Cc1ccccn1)[C@@H](C(N)=O)c1cccc(Br)c1. The van der Waals surface area contributed by atoms with E-state index >= 15 is 0 Å². The second kappa shape index (κ2) is 6.63. The minimum absolute atomic E-state index is 0.374. The van der Waals surface area contributed by atoms with Crippen LogP contribution in [0.25, 0.3) is 0 Å². The van der Waals surface area contributed by atoms with Crippen molar-refractivity contribution < 1.29 is 4.79 Å². The first-order valence-corrected chi connectivity index (χ1v) is 7.02. The van der Waals surface area contributed by atoms with Crippen molar-refractivity contribution in [1.29, 1.82) is 0 Å². The molecule has 5 heteroatoms. The molecule has 0 fully saturated rings. The van der Waals surface area contributed by atoms with Crippen molar-refractivity contribution in [2.75, 3.05) is 7.05 Å². The molecular weight excluding hydrogens is 318 g/mol. The molecule has 0 aliphatic carbocycles. The Bertz CT molecular complexity index is 589. The average Bonchev–Trinajstić information content (AvgIpc) is 2.39. The molecule has 2 rings (SSSR count). The van der Waals surface area contributed by atoms with Crippen LogP contribution in [0.2, 0.25) is 0 Å². The van der Waals surface area contributed by atoms with Gasteiger partial charge in [-0.3, -0.25) is 14.7 Å². The van der Waals surface area contributed by atoms with Crippen LogP contribution in [0.15, 0.2) is 53.1 Å². The van der Waals surface area contributed by atoms with Crippen molar-refractivity contribution in [3.05, 3.63) is 64.4 Å². The highest BCUT2D eigenvalue weighted by Crippen LogP contribution is 2.23. The number of hydrogen-bond donors (Lipinski definition) is 1. The van der Waals surface area contributed by atoms with Crippen molar-refractivity contribution in [2.45, 2.75) is 12.6 Å². The average molecular weight is 334 g/mol. The standard InChI is InChI=1S/C15H16BrN3O/c1-19(10-13-7-2-3-8-18-13)14(15(17)20)11-5-4-6-12(16)9-11/h2-9,14H,10H2,1H3,(H2,17,20)/t14-/m1/s1. The van der Waals surface area contributed by atoms with Gasteiger partial charge in [-0.25, -0.2) is 0 Å². The summed E-state index contributed by atoms with van der Waals surface area (Å²) in [6.45, 7) is 0.557. The van der Waals surface area contributed by atoms with Crippen LogP contribution >= 0.6 is 15.9 Å². The summed E-state index contributed by atoms with van der Waals surface area (Å²) in [6.07, 6.45) is 1.74. The third kappa shape index (κ3) is 3.65. The predicted octanol–water partition coefficient (Wildman–Crippen LogP) is 2.50. The molecule has 2 aromatic rings. The van der Waals surface area contributed by atoms with Crippen LogP contribution in [0.5, 0.6) is 0 Å². The van der Waals surface area contributed by atoms with E-state index < -0.39 is 6.04 Å². The fourth-order valence-corrected chi connectivity index (χ4v) is 2.57. The fraction of sp³-hybridized carbons (Fsp3) is 0.200. The van der Waals surface area contributed by atoms with Gasteiger partial charge in [0.1, 0.15) is 6.04 Å². The number of pyridine rings is 1. The van der Waals surface area contributed by atoms with Crippen LogP contribution in [0.4, 0.5) is 0 Å². The maximum absolute atomic E-state index is 11.8. The number of carbonyl (C=O) groups excluding carboxylic acids is 1. The Morgan fingerprint density at radius 2 is 2.15 bits per heavy atom. The van der Waals surface area contributed by atoms with Gasteiger partial charge < -0.3 is 5.73 Å². The maximum atomic E-state index is 11.8. The molecule has 1 atom stereocenters. The number of carbonyl (C=O) groups is 1. The zero-order valence-electron chi connectivity index (χ0n) is 11.2. The van der Waals surface area contributed by atoms with Gasteiger partial charge in [0.15, 0.2) is 0 Å². The molecule has 0 spiro atoms. The van der Waals surface area contributed by atoms with Crippen LogP contribution in [0.3, 0.4) is 0 Å². The molecule has 1 aromatic heterocycles. The van der Waals surface area contributed by atoms with Gasteiger partial charge in [0.2, 0.25) is 5.91 Å². The third-order valence-electron chi connectivity index (χ3n) is 3.01. The highest BCUT2D eigenvalue weighted by Gasteiger charge is 2.23. The van der Waals surface area contributed by atoms with Crippen molar-refractivity contribution >= 4 is 21.8 Å². The first-order valence-electron chi connectivity index (χ1n) is 6.23. The van der Waals surface area contributed by atoms with Gasteiger partial charge >= 0.3 is 0 Å². The van der Waals surface area contributed by atoms with Crippen molar-refractivity contribution in [3.63, 3.8) is 0 Å². The lowest BCUT2D eigenvalue weighted by Gasteiger charge is -2.25. The molecule has 0 aliphatic heterocycles. The Labute approximate surface area is 126 Å². The molecule has 20 heavy (non-hydrogen) atoms. The molecule has 0 saturated carbocycles. The second-order valence-corrected chi connectivity index (χ2v) is 5.51. The van der Waals surface area contributed by atoms with Gasteiger partial charge in [-0.15, -0.1) is 0 Å². The minimum atomic E-state index is -0.477. The van der Waals surface area contributed by atoms with E-state index in [0.29, 0.717) is 6.54 Å². The Balaban J connectivity index is 2.23. The summed E-state index contributed by atoms with van der Waals surface area (Å²) in [7, 11) is 1.87. The Morgan fingerprint density at radius 3 is 2.75 bits per heavy atom. The number of amides is 1. The smallest absolute Gasteiger partial charge is 0.239 e. The van der Waals surface area contributed by atoms with Crippen molar-refractivity contribution in [2.24, 2.45) is 5.73 Å². The van der Waals surface area contributed by atoms with E-state index in [4.69, 9.17) is 5.73 Å². The van der Waals surface area contributed by atoms with Gasteiger partial charge in [-0.1, -0.05) is 34.1 Å². The number of likely N-dealkylation sites (N-methyl/N-ethyl adjacent to an activating group) is 1. The second-order valence-electron chi connectivity index (χ2n) is 4.60. The van der Waals surface area contributed by atoms with Gasteiger partial charge in [0.05, 0.1) is 5.69 Å². The molecule has 104 valence electrons. The lowest BCUT2D eigenvalue weighted by Crippen LogP contribution is -2.35. The zero-order valence-corrected chi connectivity index (χ0v) is 12.7. The number of aromatic nitrogens is 1. The summed E-state index contributed by atoms with van der Waals surface area (Å²) in [4.78, 5) is 18.0. The lowest BCUT2D eigenvalue weighted by molar-refractivity contribution is -0.123. The first kappa shape index (κ1) is 14.7.